The molecule has 0 bridgehead atoms. The third-order valence-electron chi connectivity index (χ3n) is 2.78. The molecule has 0 saturated carbocycles. The maximum absolute atomic E-state index is 8.78. The van der Waals surface area contributed by atoms with Gasteiger partial charge in [-0.15, -0.1) is 11.3 Å². The number of nitrogens with one attached hydrogen (secondary N) is 1. The number of hydrogen-bond acceptors (Lipinski definition) is 3. The Morgan fingerprint density at radius 2 is 2.11 bits per heavy atom. The van der Waals surface area contributed by atoms with Gasteiger partial charge in [0.1, 0.15) is 10.9 Å². The number of rotatable bonds is 4. The van der Waals surface area contributed by atoms with Crippen LogP contribution >= 0.6 is 34.5 Å². The molecule has 2 aromatic rings. The van der Waals surface area contributed by atoms with Gasteiger partial charge in [-0.25, -0.2) is 0 Å². The lowest BCUT2D eigenvalue weighted by Gasteiger charge is -2.15. The number of nitrogens with zero attached hydrogens (tertiary/aromatic N) is 1. The second-order valence-corrected chi connectivity index (χ2v) is 6.16. The van der Waals surface area contributed by atoms with Crippen LogP contribution in [0.2, 0.25) is 10.0 Å². The van der Waals surface area contributed by atoms with Gasteiger partial charge in [-0.2, -0.15) is 5.26 Å². The predicted molar refractivity (Wildman–Crippen MR) is 80.8 cm³/mol. The van der Waals surface area contributed by atoms with E-state index < -0.39 is 0 Å². The molecular weight excluding hydrogens is 299 g/mol. The standard InChI is InChI=1S/C14H12Cl2N2S/c1-9(13-5-2-10(15)6-14(13)16)18-8-12-4-3-11(7-17)19-12/h2-6,9,18H,8H2,1H3. The first-order chi connectivity index (χ1) is 9.10. The van der Waals surface area contributed by atoms with Crippen LogP contribution in [-0.2, 0) is 6.54 Å². The van der Waals surface area contributed by atoms with Gasteiger partial charge < -0.3 is 5.32 Å². The summed E-state index contributed by atoms with van der Waals surface area (Å²) < 4.78 is 0. The number of nitriles is 1. The fourth-order valence-corrected chi connectivity index (χ4v) is 3.08. The topological polar surface area (TPSA) is 35.8 Å². The van der Waals surface area contributed by atoms with E-state index in [-0.39, 0.29) is 6.04 Å². The Hall–Kier alpha value is -1.05. The normalized spacial score (nSPS) is 12.1. The Bertz CT molecular complexity index is 616. The fourth-order valence-electron chi connectivity index (χ4n) is 1.75. The molecule has 19 heavy (non-hydrogen) atoms. The quantitative estimate of drug-likeness (QED) is 0.882. The van der Waals surface area contributed by atoms with E-state index in [1.165, 1.54) is 11.3 Å². The minimum Gasteiger partial charge on any atom is -0.305 e. The summed E-state index contributed by atoms with van der Waals surface area (Å²) in [6.07, 6.45) is 0. The molecule has 0 aliphatic heterocycles. The van der Waals surface area contributed by atoms with E-state index in [9.17, 15) is 0 Å². The molecule has 0 aliphatic carbocycles. The third-order valence-corrected chi connectivity index (χ3v) is 4.34. The van der Waals surface area contributed by atoms with Gasteiger partial charge in [-0.1, -0.05) is 29.3 Å². The summed E-state index contributed by atoms with van der Waals surface area (Å²) in [5.41, 5.74) is 1.02. The molecule has 5 heteroatoms. The summed E-state index contributed by atoms with van der Waals surface area (Å²) in [7, 11) is 0. The highest BCUT2D eigenvalue weighted by Gasteiger charge is 2.10. The summed E-state index contributed by atoms with van der Waals surface area (Å²) in [5, 5.41) is 13.5. The van der Waals surface area contributed by atoms with Gasteiger partial charge in [0.05, 0.1) is 0 Å². The van der Waals surface area contributed by atoms with Crippen LogP contribution in [0.5, 0.6) is 0 Å². The molecule has 98 valence electrons. The van der Waals surface area contributed by atoms with E-state index in [0.717, 1.165) is 15.3 Å². The van der Waals surface area contributed by atoms with Crippen LogP contribution in [0.25, 0.3) is 0 Å². The second-order valence-electron chi connectivity index (χ2n) is 4.15. The second kappa shape index (κ2) is 6.40. The molecule has 2 nitrogen and oxygen atoms in total. The van der Waals surface area contributed by atoms with Gasteiger partial charge in [0, 0.05) is 27.5 Å². The SMILES string of the molecule is CC(NCc1ccc(C#N)s1)c1ccc(Cl)cc1Cl. The molecule has 1 aromatic carbocycles. The van der Waals surface area contributed by atoms with Crippen molar-refractivity contribution in [3.05, 3.63) is 55.7 Å². The third kappa shape index (κ3) is 3.71. The molecule has 0 saturated heterocycles. The molecule has 0 amide bonds. The van der Waals surface area contributed by atoms with Gasteiger partial charge in [0.2, 0.25) is 0 Å². The average molecular weight is 311 g/mol. The molecule has 2 rings (SSSR count). The highest BCUT2D eigenvalue weighted by molar-refractivity contribution is 7.12. The summed E-state index contributed by atoms with van der Waals surface area (Å²) in [4.78, 5) is 1.86. The Morgan fingerprint density at radius 3 is 2.74 bits per heavy atom. The number of halogens is 2. The Balaban J connectivity index is 2.01. The van der Waals surface area contributed by atoms with Crippen LogP contribution < -0.4 is 5.32 Å². The van der Waals surface area contributed by atoms with E-state index in [1.54, 1.807) is 6.07 Å². The molecule has 1 atom stereocenters. The van der Waals surface area contributed by atoms with E-state index in [4.69, 9.17) is 28.5 Å². The zero-order valence-corrected chi connectivity index (χ0v) is 12.6. The molecule has 0 radical (unpaired) electrons. The average Bonchev–Trinajstić information content (AvgIpc) is 2.84. The van der Waals surface area contributed by atoms with E-state index in [2.05, 4.69) is 11.4 Å². The minimum atomic E-state index is 0.123. The Labute approximate surface area is 126 Å². The van der Waals surface area contributed by atoms with Crippen LogP contribution in [-0.4, -0.2) is 0 Å². The summed E-state index contributed by atoms with van der Waals surface area (Å²) in [6, 6.07) is 11.6. The maximum atomic E-state index is 8.78. The zero-order chi connectivity index (χ0) is 13.8. The van der Waals surface area contributed by atoms with E-state index in [0.29, 0.717) is 16.6 Å². The molecule has 0 fully saturated rings. The number of benzene rings is 1. The monoisotopic (exact) mass is 310 g/mol. The first-order valence-electron chi connectivity index (χ1n) is 5.77. The Morgan fingerprint density at radius 1 is 1.32 bits per heavy atom. The predicted octanol–water partition coefficient (Wildman–Crippen LogP) is 4.78. The van der Waals surface area contributed by atoms with Crippen molar-refractivity contribution in [2.75, 3.05) is 0 Å². The summed E-state index contributed by atoms with van der Waals surface area (Å²) in [5.74, 6) is 0. The van der Waals surface area contributed by atoms with Crippen molar-refractivity contribution in [2.24, 2.45) is 0 Å². The summed E-state index contributed by atoms with van der Waals surface area (Å²) >= 11 is 13.5. The van der Waals surface area contributed by atoms with Crippen molar-refractivity contribution in [1.29, 1.82) is 5.26 Å². The summed E-state index contributed by atoms with van der Waals surface area (Å²) in [6.45, 7) is 2.76. The van der Waals surface area contributed by atoms with Crippen LogP contribution in [0.1, 0.15) is 28.3 Å². The van der Waals surface area contributed by atoms with Crippen molar-refractivity contribution < 1.29 is 0 Å². The van der Waals surface area contributed by atoms with Gasteiger partial charge >= 0.3 is 0 Å². The van der Waals surface area contributed by atoms with Crippen molar-refractivity contribution in [3.8, 4) is 6.07 Å². The van der Waals surface area contributed by atoms with Crippen molar-refractivity contribution in [1.82, 2.24) is 5.32 Å². The highest BCUT2D eigenvalue weighted by Crippen LogP contribution is 2.26. The molecule has 0 aliphatic rings. The van der Waals surface area contributed by atoms with Crippen molar-refractivity contribution >= 4 is 34.5 Å². The number of thiophene rings is 1. The first kappa shape index (κ1) is 14.4. The molecule has 0 spiro atoms. The van der Waals surface area contributed by atoms with Crippen molar-refractivity contribution in [2.45, 2.75) is 19.5 Å². The van der Waals surface area contributed by atoms with Gasteiger partial charge in [-0.05, 0) is 36.8 Å². The first-order valence-corrected chi connectivity index (χ1v) is 7.34. The van der Waals surface area contributed by atoms with Gasteiger partial charge in [-0.3, -0.25) is 0 Å². The van der Waals surface area contributed by atoms with Crippen LogP contribution in [0.15, 0.2) is 30.3 Å². The smallest absolute Gasteiger partial charge is 0.110 e. The minimum absolute atomic E-state index is 0.123. The van der Waals surface area contributed by atoms with Crippen LogP contribution in [0, 0.1) is 11.3 Å². The van der Waals surface area contributed by atoms with Gasteiger partial charge in [0.15, 0.2) is 0 Å². The Kier molecular flexibility index (Phi) is 4.84. The maximum Gasteiger partial charge on any atom is 0.110 e. The molecule has 1 aromatic heterocycles. The molecule has 1 unspecified atom stereocenters. The van der Waals surface area contributed by atoms with Crippen LogP contribution in [0.4, 0.5) is 0 Å². The lowest BCUT2D eigenvalue weighted by Crippen LogP contribution is -2.17. The zero-order valence-electron chi connectivity index (χ0n) is 10.3. The molecule has 1 N–H and O–H groups in total. The van der Waals surface area contributed by atoms with Crippen LogP contribution in [0.3, 0.4) is 0 Å². The highest BCUT2D eigenvalue weighted by atomic mass is 35.5. The van der Waals surface area contributed by atoms with E-state index >= 15 is 0 Å². The molecule has 1 heterocycles. The molecular formula is C14H12Cl2N2S. The fraction of sp³-hybridized carbons (Fsp3) is 0.214. The largest absolute Gasteiger partial charge is 0.305 e. The number of hydrogen-bond donors (Lipinski definition) is 1. The lowest BCUT2D eigenvalue weighted by molar-refractivity contribution is 0.579. The lowest BCUT2D eigenvalue weighted by atomic mass is 10.1. The van der Waals surface area contributed by atoms with E-state index in [1.807, 2.05) is 31.2 Å². The van der Waals surface area contributed by atoms with Crippen molar-refractivity contribution in [3.63, 3.8) is 0 Å². The van der Waals surface area contributed by atoms with Gasteiger partial charge in [0.25, 0.3) is 0 Å².